The molecular formula is C12H19N5. The molecule has 0 atom stereocenters. The van der Waals surface area contributed by atoms with Gasteiger partial charge < -0.3 is 5.32 Å². The van der Waals surface area contributed by atoms with Crippen LogP contribution >= 0.6 is 0 Å². The monoisotopic (exact) mass is 233 g/mol. The fourth-order valence-electron chi connectivity index (χ4n) is 1.83. The molecule has 0 aliphatic carbocycles. The van der Waals surface area contributed by atoms with Crippen molar-refractivity contribution >= 4 is 0 Å². The van der Waals surface area contributed by atoms with Gasteiger partial charge in [-0.3, -0.25) is 9.36 Å². The lowest BCUT2D eigenvalue weighted by Gasteiger charge is -2.04. The standard InChI is InChI=1S/C12H19N5/c1-10-6-14-17(8-10)5-4-13-7-12-9-16(3)15-11(12)2/h6,8-9,13H,4-5,7H2,1-3H3. The summed E-state index contributed by atoms with van der Waals surface area (Å²) in [7, 11) is 1.95. The van der Waals surface area contributed by atoms with Gasteiger partial charge in [0.05, 0.1) is 18.4 Å². The van der Waals surface area contributed by atoms with E-state index < -0.39 is 0 Å². The summed E-state index contributed by atoms with van der Waals surface area (Å²) in [4.78, 5) is 0. The minimum Gasteiger partial charge on any atom is -0.311 e. The Bertz CT molecular complexity index is 483. The predicted octanol–water partition coefficient (Wildman–Crippen LogP) is 1.02. The van der Waals surface area contributed by atoms with Crippen LogP contribution in [0, 0.1) is 13.8 Å². The zero-order valence-electron chi connectivity index (χ0n) is 10.6. The normalized spacial score (nSPS) is 11.0. The van der Waals surface area contributed by atoms with Crippen molar-refractivity contribution in [2.75, 3.05) is 6.54 Å². The number of aryl methyl sites for hydroxylation is 3. The highest BCUT2D eigenvalue weighted by molar-refractivity contribution is 5.14. The van der Waals surface area contributed by atoms with Gasteiger partial charge in [0, 0.05) is 38.1 Å². The second kappa shape index (κ2) is 5.14. The van der Waals surface area contributed by atoms with Gasteiger partial charge in [0.25, 0.3) is 0 Å². The number of nitrogens with one attached hydrogen (secondary N) is 1. The molecular weight excluding hydrogens is 214 g/mol. The number of rotatable bonds is 5. The smallest absolute Gasteiger partial charge is 0.0638 e. The van der Waals surface area contributed by atoms with Gasteiger partial charge in [-0.25, -0.2) is 0 Å². The largest absolute Gasteiger partial charge is 0.311 e. The van der Waals surface area contributed by atoms with Crippen molar-refractivity contribution in [2.24, 2.45) is 7.05 Å². The van der Waals surface area contributed by atoms with Crippen LogP contribution in [0.1, 0.15) is 16.8 Å². The van der Waals surface area contributed by atoms with Gasteiger partial charge in [0.2, 0.25) is 0 Å². The van der Waals surface area contributed by atoms with Crippen molar-refractivity contribution < 1.29 is 0 Å². The Morgan fingerprint density at radius 3 is 2.71 bits per heavy atom. The van der Waals surface area contributed by atoms with E-state index in [1.165, 1.54) is 11.1 Å². The van der Waals surface area contributed by atoms with Crippen LogP contribution in [0.3, 0.4) is 0 Å². The molecule has 0 unspecified atom stereocenters. The number of aromatic nitrogens is 4. The summed E-state index contributed by atoms with van der Waals surface area (Å²) in [6, 6.07) is 0. The third kappa shape index (κ3) is 3.17. The lowest BCUT2D eigenvalue weighted by Crippen LogP contribution is -2.19. The van der Waals surface area contributed by atoms with Gasteiger partial charge in [-0.2, -0.15) is 10.2 Å². The second-order valence-electron chi connectivity index (χ2n) is 4.37. The van der Waals surface area contributed by atoms with Crippen LogP contribution in [0.25, 0.3) is 0 Å². The van der Waals surface area contributed by atoms with Gasteiger partial charge in [-0.05, 0) is 19.4 Å². The number of hydrogen-bond donors (Lipinski definition) is 1. The van der Waals surface area contributed by atoms with Crippen LogP contribution in [-0.2, 0) is 20.1 Å². The van der Waals surface area contributed by atoms with Crippen molar-refractivity contribution in [1.29, 1.82) is 0 Å². The van der Waals surface area contributed by atoms with E-state index in [0.717, 1.165) is 25.3 Å². The average Bonchev–Trinajstić information content (AvgIpc) is 2.81. The topological polar surface area (TPSA) is 47.7 Å². The van der Waals surface area contributed by atoms with Crippen molar-refractivity contribution in [3.05, 3.63) is 35.4 Å². The Kier molecular flexibility index (Phi) is 3.58. The maximum absolute atomic E-state index is 4.31. The molecule has 2 rings (SSSR count). The van der Waals surface area contributed by atoms with Crippen molar-refractivity contribution in [3.63, 3.8) is 0 Å². The molecule has 2 heterocycles. The maximum atomic E-state index is 4.31. The molecule has 5 heteroatoms. The Balaban J connectivity index is 1.75. The lowest BCUT2D eigenvalue weighted by molar-refractivity contribution is 0.554. The summed E-state index contributed by atoms with van der Waals surface area (Å²) in [5.74, 6) is 0. The molecule has 0 aromatic carbocycles. The summed E-state index contributed by atoms with van der Waals surface area (Å²) < 4.78 is 3.81. The first-order valence-corrected chi connectivity index (χ1v) is 5.84. The quantitative estimate of drug-likeness (QED) is 0.784. The van der Waals surface area contributed by atoms with Crippen molar-refractivity contribution in [2.45, 2.75) is 26.9 Å². The summed E-state index contributed by atoms with van der Waals surface area (Å²) >= 11 is 0. The minimum atomic E-state index is 0.861. The Morgan fingerprint density at radius 2 is 2.12 bits per heavy atom. The van der Waals surface area contributed by atoms with E-state index in [0.29, 0.717) is 0 Å². The van der Waals surface area contributed by atoms with E-state index in [9.17, 15) is 0 Å². The first-order chi connectivity index (χ1) is 8.15. The SMILES string of the molecule is Cc1cnn(CCNCc2cn(C)nc2C)c1. The second-order valence-corrected chi connectivity index (χ2v) is 4.37. The summed E-state index contributed by atoms with van der Waals surface area (Å²) in [5, 5.41) is 12.0. The molecule has 0 aliphatic rings. The van der Waals surface area contributed by atoms with E-state index >= 15 is 0 Å². The molecule has 0 saturated carbocycles. The molecule has 0 radical (unpaired) electrons. The highest BCUT2D eigenvalue weighted by atomic mass is 15.3. The molecule has 2 aromatic rings. The van der Waals surface area contributed by atoms with E-state index in [1.54, 1.807) is 0 Å². The predicted molar refractivity (Wildman–Crippen MR) is 66.6 cm³/mol. The highest BCUT2D eigenvalue weighted by Crippen LogP contribution is 2.03. The third-order valence-electron chi connectivity index (χ3n) is 2.71. The molecule has 5 nitrogen and oxygen atoms in total. The van der Waals surface area contributed by atoms with E-state index in [-0.39, 0.29) is 0 Å². The van der Waals surface area contributed by atoms with Gasteiger partial charge in [0.15, 0.2) is 0 Å². The van der Waals surface area contributed by atoms with Gasteiger partial charge in [0.1, 0.15) is 0 Å². The number of nitrogens with zero attached hydrogens (tertiary/aromatic N) is 4. The van der Waals surface area contributed by atoms with E-state index in [2.05, 4.69) is 34.8 Å². The van der Waals surface area contributed by atoms with Crippen LogP contribution in [-0.4, -0.2) is 26.1 Å². The first kappa shape index (κ1) is 11.9. The molecule has 92 valence electrons. The lowest BCUT2D eigenvalue weighted by atomic mass is 10.2. The van der Waals surface area contributed by atoms with Crippen molar-refractivity contribution in [3.8, 4) is 0 Å². The van der Waals surface area contributed by atoms with Gasteiger partial charge >= 0.3 is 0 Å². The minimum absolute atomic E-state index is 0.861. The fraction of sp³-hybridized carbons (Fsp3) is 0.500. The highest BCUT2D eigenvalue weighted by Gasteiger charge is 2.01. The molecule has 0 saturated heterocycles. The van der Waals surface area contributed by atoms with Gasteiger partial charge in [-0.15, -0.1) is 0 Å². The van der Waals surface area contributed by atoms with Crippen LogP contribution in [0.15, 0.2) is 18.6 Å². The first-order valence-electron chi connectivity index (χ1n) is 5.84. The molecule has 1 N–H and O–H groups in total. The molecule has 0 amide bonds. The van der Waals surface area contributed by atoms with Crippen LogP contribution in [0.2, 0.25) is 0 Å². The summed E-state index contributed by atoms with van der Waals surface area (Å²) in [6.07, 6.45) is 5.99. The average molecular weight is 233 g/mol. The third-order valence-corrected chi connectivity index (χ3v) is 2.71. The molecule has 0 spiro atoms. The van der Waals surface area contributed by atoms with Crippen LogP contribution in [0.5, 0.6) is 0 Å². The van der Waals surface area contributed by atoms with Gasteiger partial charge in [-0.1, -0.05) is 0 Å². The Morgan fingerprint density at radius 1 is 1.29 bits per heavy atom. The zero-order valence-corrected chi connectivity index (χ0v) is 10.6. The maximum Gasteiger partial charge on any atom is 0.0638 e. The molecule has 0 aliphatic heterocycles. The van der Waals surface area contributed by atoms with Crippen LogP contribution < -0.4 is 5.32 Å². The summed E-state index contributed by atoms with van der Waals surface area (Å²) in [5.41, 5.74) is 3.55. The Labute approximate surface area is 101 Å². The van der Waals surface area contributed by atoms with Crippen molar-refractivity contribution in [1.82, 2.24) is 24.9 Å². The summed E-state index contributed by atoms with van der Waals surface area (Å²) in [6.45, 7) is 6.76. The Hall–Kier alpha value is -1.62. The molecule has 17 heavy (non-hydrogen) atoms. The fourth-order valence-corrected chi connectivity index (χ4v) is 1.83. The van der Waals surface area contributed by atoms with Crippen LogP contribution in [0.4, 0.5) is 0 Å². The van der Waals surface area contributed by atoms with E-state index in [4.69, 9.17) is 0 Å². The zero-order chi connectivity index (χ0) is 12.3. The number of hydrogen-bond acceptors (Lipinski definition) is 3. The molecule has 0 bridgehead atoms. The molecule has 2 aromatic heterocycles. The van der Waals surface area contributed by atoms with E-state index in [1.807, 2.05) is 29.5 Å². The molecule has 0 fully saturated rings.